The summed E-state index contributed by atoms with van der Waals surface area (Å²) in [5.74, 6) is 0.236. The van der Waals surface area contributed by atoms with E-state index in [1.54, 1.807) is 0 Å². The van der Waals surface area contributed by atoms with E-state index in [2.05, 4.69) is 22.3 Å². The van der Waals surface area contributed by atoms with E-state index in [9.17, 15) is 4.79 Å². The lowest BCUT2D eigenvalue weighted by Crippen LogP contribution is -2.38. The number of likely N-dealkylation sites (N-methyl/N-ethyl adjacent to an activating group) is 2. The molecule has 0 aliphatic carbocycles. The van der Waals surface area contributed by atoms with Crippen molar-refractivity contribution in [2.45, 2.75) is 12.3 Å². The molecule has 0 saturated heterocycles. The number of nitrogens with zero attached hydrogens (tertiary/aromatic N) is 2. The van der Waals surface area contributed by atoms with Gasteiger partial charge in [0.15, 0.2) is 0 Å². The third-order valence-corrected chi connectivity index (χ3v) is 3.64. The largest absolute Gasteiger partial charge is 0.385 e. The van der Waals surface area contributed by atoms with Crippen molar-refractivity contribution in [2.75, 3.05) is 46.1 Å². The standard InChI is InChI=1S/C15H23N3O/c1-17(2)10-11-18(3)15(19)13-8-9-16-14-7-5-4-6-12(13)14/h4-7,13,16H,8-11H2,1-3H3. The Hall–Kier alpha value is -1.55. The average Bonchev–Trinajstić information content (AvgIpc) is 2.43. The highest BCUT2D eigenvalue weighted by atomic mass is 16.2. The van der Waals surface area contributed by atoms with Crippen molar-refractivity contribution in [3.63, 3.8) is 0 Å². The summed E-state index contributed by atoms with van der Waals surface area (Å²) in [5.41, 5.74) is 2.24. The van der Waals surface area contributed by atoms with Crippen LogP contribution in [0.15, 0.2) is 24.3 Å². The van der Waals surface area contributed by atoms with E-state index in [0.717, 1.165) is 37.3 Å². The van der Waals surface area contributed by atoms with Crippen LogP contribution in [0.5, 0.6) is 0 Å². The summed E-state index contributed by atoms with van der Waals surface area (Å²) in [6, 6.07) is 8.12. The van der Waals surface area contributed by atoms with Gasteiger partial charge in [-0.2, -0.15) is 0 Å². The van der Waals surface area contributed by atoms with Crippen LogP contribution in [0.4, 0.5) is 5.69 Å². The Morgan fingerprint density at radius 3 is 2.74 bits per heavy atom. The molecule has 0 fully saturated rings. The van der Waals surface area contributed by atoms with Gasteiger partial charge in [0.2, 0.25) is 5.91 Å². The molecule has 0 aromatic heterocycles. The molecule has 1 heterocycles. The number of nitrogens with one attached hydrogen (secondary N) is 1. The number of rotatable bonds is 4. The highest BCUT2D eigenvalue weighted by molar-refractivity contribution is 5.86. The lowest BCUT2D eigenvalue weighted by atomic mass is 9.90. The van der Waals surface area contributed by atoms with Crippen LogP contribution in [0.25, 0.3) is 0 Å². The average molecular weight is 261 g/mol. The number of amides is 1. The molecule has 1 amide bonds. The highest BCUT2D eigenvalue weighted by Crippen LogP contribution is 2.32. The predicted octanol–water partition coefficient (Wildman–Crippen LogP) is 1.61. The summed E-state index contributed by atoms with van der Waals surface area (Å²) in [4.78, 5) is 16.5. The Morgan fingerprint density at radius 2 is 2.00 bits per heavy atom. The first-order valence-corrected chi connectivity index (χ1v) is 6.82. The smallest absolute Gasteiger partial charge is 0.230 e. The molecule has 0 radical (unpaired) electrons. The maximum absolute atomic E-state index is 12.6. The molecule has 4 heteroatoms. The predicted molar refractivity (Wildman–Crippen MR) is 78.5 cm³/mol. The zero-order valence-corrected chi connectivity index (χ0v) is 12.0. The maximum Gasteiger partial charge on any atom is 0.230 e. The molecule has 0 saturated carbocycles. The van der Waals surface area contributed by atoms with Crippen LogP contribution in [0.1, 0.15) is 17.9 Å². The molecule has 0 bridgehead atoms. The quantitative estimate of drug-likeness (QED) is 0.894. The van der Waals surface area contributed by atoms with Crippen molar-refractivity contribution < 1.29 is 4.79 Å². The third kappa shape index (κ3) is 3.26. The number of hydrogen-bond acceptors (Lipinski definition) is 3. The van der Waals surface area contributed by atoms with Gasteiger partial charge in [-0.05, 0) is 32.1 Å². The van der Waals surface area contributed by atoms with E-state index in [1.165, 1.54) is 0 Å². The minimum absolute atomic E-state index is 0.00427. The number of carbonyl (C=O) groups excluding carboxylic acids is 1. The Morgan fingerprint density at radius 1 is 1.26 bits per heavy atom. The zero-order valence-electron chi connectivity index (χ0n) is 12.0. The van der Waals surface area contributed by atoms with Crippen LogP contribution in [-0.4, -0.2) is 56.5 Å². The van der Waals surface area contributed by atoms with Crippen LogP contribution < -0.4 is 5.32 Å². The molecular weight excluding hydrogens is 238 g/mol. The van der Waals surface area contributed by atoms with Crippen molar-refractivity contribution in [2.24, 2.45) is 0 Å². The molecule has 1 atom stereocenters. The number of benzene rings is 1. The van der Waals surface area contributed by atoms with Crippen molar-refractivity contribution in [3.05, 3.63) is 29.8 Å². The first-order valence-electron chi connectivity index (χ1n) is 6.82. The fourth-order valence-corrected chi connectivity index (χ4v) is 2.45. The monoisotopic (exact) mass is 261 g/mol. The Balaban J connectivity index is 2.08. The van der Waals surface area contributed by atoms with Crippen molar-refractivity contribution in [1.82, 2.24) is 9.80 Å². The third-order valence-electron chi connectivity index (χ3n) is 3.64. The van der Waals surface area contributed by atoms with Gasteiger partial charge in [0, 0.05) is 32.4 Å². The molecule has 0 spiro atoms. The van der Waals surface area contributed by atoms with E-state index < -0.39 is 0 Å². The molecule has 1 aliphatic heterocycles. The van der Waals surface area contributed by atoms with Crippen molar-refractivity contribution >= 4 is 11.6 Å². The number of para-hydroxylation sites is 1. The zero-order chi connectivity index (χ0) is 13.8. The molecule has 1 aromatic carbocycles. The van der Waals surface area contributed by atoms with E-state index in [-0.39, 0.29) is 11.8 Å². The molecular formula is C15H23N3O. The Kier molecular flexibility index (Phi) is 4.43. The summed E-state index contributed by atoms with van der Waals surface area (Å²) >= 11 is 0. The topological polar surface area (TPSA) is 35.6 Å². The maximum atomic E-state index is 12.6. The number of carbonyl (C=O) groups is 1. The van der Waals surface area contributed by atoms with Gasteiger partial charge in [-0.25, -0.2) is 0 Å². The van der Waals surface area contributed by atoms with Gasteiger partial charge in [0.05, 0.1) is 5.92 Å². The normalized spacial score (nSPS) is 17.8. The Labute approximate surface area is 115 Å². The lowest BCUT2D eigenvalue weighted by Gasteiger charge is -2.30. The summed E-state index contributed by atoms with van der Waals surface area (Å²) in [5, 5.41) is 3.36. The van der Waals surface area contributed by atoms with Gasteiger partial charge in [-0.15, -0.1) is 0 Å². The number of hydrogen-bond donors (Lipinski definition) is 1. The van der Waals surface area contributed by atoms with Gasteiger partial charge < -0.3 is 15.1 Å². The summed E-state index contributed by atoms with van der Waals surface area (Å²) in [6.07, 6.45) is 0.877. The SMILES string of the molecule is CN(C)CCN(C)C(=O)C1CCNc2ccccc21. The number of fused-ring (bicyclic) bond motifs is 1. The van der Waals surface area contributed by atoms with E-state index in [0.29, 0.717) is 0 Å². The van der Waals surface area contributed by atoms with Crippen LogP contribution in [-0.2, 0) is 4.79 Å². The van der Waals surface area contributed by atoms with E-state index in [1.807, 2.05) is 38.2 Å². The minimum atomic E-state index is 0.00427. The van der Waals surface area contributed by atoms with Gasteiger partial charge in [-0.3, -0.25) is 4.79 Å². The van der Waals surface area contributed by atoms with Gasteiger partial charge >= 0.3 is 0 Å². The molecule has 2 rings (SSSR count). The number of anilines is 1. The van der Waals surface area contributed by atoms with E-state index in [4.69, 9.17) is 0 Å². The fraction of sp³-hybridized carbons (Fsp3) is 0.533. The summed E-state index contributed by atoms with van der Waals surface area (Å²) in [6.45, 7) is 2.54. The van der Waals surface area contributed by atoms with Crippen molar-refractivity contribution in [3.8, 4) is 0 Å². The second kappa shape index (κ2) is 6.06. The fourth-order valence-electron chi connectivity index (χ4n) is 2.45. The second-order valence-corrected chi connectivity index (χ2v) is 5.42. The summed E-state index contributed by atoms with van der Waals surface area (Å²) < 4.78 is 0. The molecule has 4 nitrogen and oxygen atoms in total. The molecule has 1 aromatic rings. The van der Waals surface area contributed by atoms with E-state index >= 15 is 0 Å². The minimum Gasteiger partial charge on any atom is -0.385 e. The van der Waals surface area contributed by atoms with Crippen LogP contribution in [0.2, 0.25) is 0 Å². The molecule has 1 unspecified atom stereocenters. The van der Waals surface area contributed by atoms with Gasteiger partial charge in [-0.1, -0.05) is 18.2 Å². The second-order valence-electron chi connectivity index (χ2n) is 5.42. The van der Waals surface area contributed by atoms with Crippen LogP contribution in [0, 0.1) is 0 Å². The molecule has 104 valence electrons. The first-order chi connectivity index (χ1) is 9.09. The van der Waals surface area contributed by atoms with Crippen molar-refractivity contribution in [1.29, 1.82) is 0 Å². The summed E-state index contributed by atoms with van der Waals surface area (Å²) in [7, 11) is 5.95. The van der Waals surface area contributed by atoms with Crippen LogP contribution in [0.3, 0.4) is 0 Å². The molecule has 1 aliphatic rings. The highest BCUT2D eigenvalue weighted by Gasteiger charge is 2.28. The Bertz CT molecular complexity index is 445. The first kappa shape index (κ1) is 13.9. The molecule has 19 heavy (non-hydrogen) atoms. The molecule has 1 N–H and O–H groups in total. The van der Waals surface area contributed by atoms with Gasteiger partial charge in [0.25, 0.3) is 0 Å². The van der Waals surface area contributed by atoms with Crippen LogP contribution >= 0.6 is 0 Å². The lowest BCUT2D eigenvalue weighted by molar-refractivity contribution is -0.131. The van der Waals surface area contributed by atoms with Gasteiger partial charge in [0.1, 0.15) is 0 Å².